The molecule has 2 aliphatic rings. The van der Waals surface area contributed by atoms with Gasteiger partial charge in [0.05, 0.1) is 7.11 Å². The van der Waals surface area contributed by atoms with E-state index in [0.29, 0.717) is 72.5 Å². The zero-order valence-corrected chi connectivity index (χ0v) is 24.9. The van der Waals surface area contributed by atoms with Crippen molar-refractivity contribution < 1.29 is 33.6 Å². The van der Waals surface area contributed by atoms with Crippen LogP contribution in [0, 0.1) is 0 Å². The van der Waals surface area contributed by atoms with Crippen LogP contribution in [0.3, 0.4) is 0 Å². The second-order valence-electron chi connectivity index (χ2n) is 9.06. The van der Waals surface area contributed by atoms with Crippen LogP contribution >= 0.6 is 0 Å². The molecule has 204 valence electrons. The Balaban J connectivity index is 1.41. The Labute approximate surface area is 241 Å². The number of methoxy groups -OCH3 is 1. The number of carbonyl (C=O) groups is 2. The third-order valence-electron chi connectivity index (χ3n) is 6.81. The summed E-state index contributed by atoms with van der Waals surface area (Å²) < 4.78 is 23.9. The Hall–Kier alpha value is -3.52. The van der Waals surface area contributed by atoms with E-state index in [9.17, 15) is 9.59 Å². The number of carbonyl (C=O) groups excluding carboxylic acids is 2. The molecule has 1 amide bonds. The van der Waals surface area contributed by atoms with Crippen LogP contribution in [-0.2, 0) is 15.1 Å². The first-order valence-electron chi connectivity index (χ1n) is 12.6. The second kappa shape index (κ2) is 11.2. The van der Waals surface area contributed by atoms with Gasteiger partial charge in [0.1, 0.15) is 0 Å². The van der Waals surface area contributed by atoms with Gasteiger partial charge in [-0.1, -0.05) is 30.3 Å². The number of anilines is 1. The van der Waals surface area contributed by atoms with Gasteiger partial charge in [-0.3, -0.25) is 0 Å². The number of fused-ring (bicyclic) bond motifs is 8. The number of aliphatic hydroxyl groups is 1. The fourth-order valence-electron chi connectivity index (χ4n) is 5.19. The van der Waals surface area contributed by atoms with Crippen LogP contribution in [0.25, 0.3) is 10.8 Å². The monoisotopic (exact) mass is 671 g/mol. The molecule has 1 spiro atoms. The summed E-state index contributed by atoms with van der Waals surface area (Å²) in [6.45, 7) is 0.540. The van der Waals surface area contributed by atoms with Crippen molar-refractivity contribution in [2.75, 3.05) is 25.6 Å². The molecule has 6 rings (SSSR count). The van der Waals surface area contributed by atoms with Crippen molar-refractivity contribution in [2.24, 2.45) is 0 Å². The Morgan fingerprint density at radius 1 is 0.975 bits per heavy atom. The molecule has 1 atom stereocenters. The molecule has 0 radical (unpaired) electrons. The fourth-order valence-corrected chi connectivity index (χ4v) is 10.3. The van der Waals surface area contributed by atoms with Gasteiger partial charge in [0, 0.05) is 0 Å². The van der Waals surface area contributed by atoms with Gasteiger partial charge in [0.25, 0.3) is 0 Å². The van der Waals surface area contributed by atoms with Gasteiger partial charge in [-0.15, -0.1) is 0 Å². The summed E-state index contributed by atoms with van der Waals surface area (Å²) in [6.07, 6.45) is -0.555. The summed E-state index contributed by atoms with van der Waals surface area (Å²) >= 11 is 0.801. The van der Waals surface area contributed by atoms with Crippen molar-refractivity contribution in [1.29, 1.82) is 0 Å². The number of ether oxygens (including phenoxy) is 4. The van der Waals surface area contributed by atoms with Crippen LogP contribution in [0.1, 0.15) is 27.0 Å². The van der Waals surface area contributed by atoms with Gasteiger partial charge >= 0.3 is 184 Å². The van der Waals surface area contributed by atoms with Crippen molar-refractivity contribution in [3.8, 4) is 17.2 Å². The third-order valence-corrected chi connectivity index (χ3v) is 14.0. The van der Waals surface area contributed by atoms with E-state index in [1.54, 1.807) is 25.3 Å². The van der Waals surface area contributed by atoms with Gasteiger partial charge in [0.15, 0.2) is 0 Å². The molecule has 0 fully saturated rings. The minimum absolute atomic E-state index is 0.211. The molecule has 2 N–H and O–H groups in total. The molecule has 10 heteroatoms. The molecule has 4 aromatic rings. The molecular formula is C30H25NO7Se2. The number of nitrogens with one attached hydrogen (secondary N) is 1. The van der Waals surface area contributed by atoms with E-state index in [2.05, 4.69) is 5.32 Å². The van der Waals surface area contributed by atoms with Gasteiger partial charge in [-0.25, -0.2) is 4.79 Å². The Morgan fingerprint density at radius 2 is 1.80 bits per heavy atom. The number of hydrogen-bond acceptors (Lipinski definition) is 7. The first kappa shape index (κ1) is 26.7. The first-order chi connectivity index (χ1) is 19.6. The Morgan fingerprint density at radius 3 is 2.65 bits per heavy atom. The number of esters is 1. The van der Waals surface area contributed by atoms with Crippen LogP contribution in [0.5, 0.6) is 17.2 Å². The average Bonchev–Trinajstić information content (AvgIpc) is 3.27. The van der Waals surface area contributed by atoms with Gasteiger partial charge in [0.2, 0.25) is 0 Å². The Bertz CT molecular complexity index is 1630. The van der Waals surface area contributed by atoms with E-state index in [0.717, 1.165) is 27.0 Å². The van der Waals surface area contributed by atoms with Crippen LogP contribution in [-0.4, -0.2) is 63.8 Å². The molecular weight excluding hydrogens is 644 g/mol. The zero-order valence-electron chi connectivity index (χ0n) is 21.5. The van der Waals surface area contributed by atoms with Crippen LogP contribution in [0.2, 0.25) is 10.6 Å². The number of benzene rings is 4. The summed E-state index contributed by atoms with van der Waals surface area (Å²) in [4.78, 5) is 25.7. The molecule has 0 bridgehead atoms. The summed E-state index contributed by atoms with van der Waals surface area (Å²) in [7, 11) is 1.61. The standard InChI is InChI=1S/C30H25NO7Se2/c1-35-24-8-4-5-18-9-11-23-27(26(18)24)37-25-17-19(31-29(34)36-14-16-40-39-15-13-32)10-12-22(25)30(23)21-7-3-2-6-20(21)28(33)38-30/h2-12,17,32H,13-16H2,1H3,(H,31,34). The van der Waals surface area contributed by atoms with E-state index >= 15 is 0 Å². The van der Waals surface area contributed by atoms with Crippen molar-refractivity contribution in [3.05, 3.63) is 95.1 Å². The summed E-state index contributed by atoms with van der Waals surface area (Å²) in [6, 6.07) is 22.3. The van der Waals surface area contributed by atoms with Gasteiger partial charge in [-0.2, -0.15) is 0 Å². The van der Waals surface area contributed by atoms with E-state index < -0.39 is 17.7 Å². The summed E-state index contributed by atoms with van der Waals surface area (Å²) in [5.74, 6) is 1.19. The van der Waals surface area contributed by atoms with E-state index in [1.807, 2.05) is 54.6 Å². The van der Waals surface area contributed by atoms with Crippen molar-refractivity contribution in [1.82, 2.24) is 0 Å². The van der Waals surface area contributed by atoms with Crippen LogP contribution < -0.4 is 14.8 Å². The molecule has 0 saturated carbocycles. The molecule has 0 aliphatic carbocycles. The van der Waals surface area contributed by atoms with E-state index in [4.69, 9.17) is 24.1 Å². The number of amides is 1. The van der Waals surface area contributed by atoms with Crippen molar-refractivity contribution in [2.45, 2.75) is 16.2 Å². The molecule has 4 aromatic carbocycles. The fraction of sp³-hybridized carbons (Fsp3) is 0.200. The van der Waals surface area contributed by atoms with Gasteiger partial charge in [-0.05, 0) is 12.1 Å². The topological polar surface area (TPSA) is 103 Å². The number of rotatable bonds is 8. The molecule has 8 nitrogen and oxygen atoms in total. The van der Waals surface area contributed by atoms with Gasteiger partial charge < -0.3 is 4.74 Å². The predicted octanol–water partition coefficient (Wildman–Crippen LogP) is 5.12. The molecule has 40 heavy (non-hydrogen) atoms. The number of hydrogen-bond donors (Lipinski definition) is 2. The van der Waals surface area contributed by atoms with Crippen molar-refractivity contribution >= 4 is 54.8 Å². The molecule has 2 aliphatic heterocycles. The molecule has 0 saturated heterocycles. The van der Waals surface area contributed by atoms with E-state index in [1.165, 1.54) is 0 Å². The molecule has 0 aromatic heterocycles. The summed E-state index contributed by atoms with van der Waals surface area (Å²) in [5, 5.41) is 15.0. The quantitative estimate of drug-likeness (QED) is 0.153. The maximum atomic E-state index is 13.2. The predicted molar refractivity (Wildman–Crippen MR) is 152 cm³/mol. The third kappa shape index (κ3) is 4.52. The van der Waals surface area contributed by atoms with Crippen LogP contribution in [0.4, 0.5) is 10.5 Å². The van der Waals surface area contributed by atoms with Crippen LogP contribution in [0.15, 0.2) is 72.8 Å². The Kier molecular flexibility index (Phi) is 7.45. The normalized spacial score (nSPS) is 16.5. The maximum absolute atomic E-state index is 13.2. The number of aliphatic hydroxyl groups excluding tert-OH is 1. The average molecular weight is 669 g/mol. The minimum atomic E-state index is -1.23. The van der Waals surface area contributed by atoms with Crippen molar-refractivity contribution in [3.63, 3.8) is 0 Å². The first-order valence-corrected chi connectivity index (χ1v) is 19.4. The summed E-state index contributed by atoms with van der Waals surface area (Å²) in [5.41, 5.74) is 1.82. The van der Waals surface area contributed by atoms with E-state index in [-0.39, 0.29) is 6.61 Å². The SMILES string of the molecule is COc1cccc2ccc3c(c12)Oc1cc(NC(=O)OCC[Se][Se]CCO)ccc1C31OC(=O)c2ccccc21. The second-order valence-corrected chi connectivity index (χ2v) is 16.9. The zero-order chi connectivity index (χ0) is 27.7. The molecule has 2 heterocycles. The molecule has 1 unspecified atom stereocenters.